The normalized spacial score (nSPS) is 26.1. The average Bonchev–Trinajstić information content (AvgIpc) is 3.15. The van der Waals surface area contributed by atoms with Crippen LogP contribution in [0.15, 0.2) is 36.5 Å². The molecule has 5 rings (SSSR count). The van der Waals surface area contributed by atoms with E-state index in [1.807, 2.05) is 42.1 Å². The summed E-state index contributed by atoms with van der Waals surface area (Å²) >= 11 is 0. The van der Waals surface area contributed by atoms with Crippen molar-refractivity contribution in [2.75, 3.05) is 7.11 Å². The summed E-state index contributed by atoms with van der Waals surface area (Å²) in [6.07, 6.45) is 8.09. The smallest absolute Gasteiger partial charge is 0.165 e. The number of methoxy groups -OCH3 is 1. The van der Waals surface area contributed by atoms with Crippen molar-refractivity contribution in [3.63, 3.8) is 0 Å². The van der Waals surface area contributed by atoms with Gasteiger partial charge < -0.3 is 24.3 Å². The van der Waals surface area contributed by atoms with Gasteiger partial charge in [0.15, 0.2) is 11.5 Å². The average molecular weight is 448 g/mol. The minimum atomic E-state index is -0.328. The monoisotopic (exact) mass is 447 g/mol. The van der Waals surface area contributed by atoms with Crippen molar-refractivity contribution >= 4 is 23.1 Å². The molecule has 5 nitrogen and oxygen atoms in total. The van der Waals surface area contributed by atoms with Gasteiger partial charge in [0, 0.05) is 24.5 Å². The van der Waals surface area contributed by atoms with Gasteiger partial charge in [0.1, 0.15) is 11.4 Å². The van der Waals surface area contributed by atoms with Crippen molar-refractivity contribution < 1.29 is 19.7 Å². The molecule has 1 aliphatic heterocycles. The van der Waals surface area contributed by atoms with Crippen molar-refractivity contribution in [3.05, 3.63) is 53.2 Å². The maximum Gasteiger partial charge on any atom is 0.165 e. The van der Waals surface area contributed by atoms with Crippen LogP contribution in [0.1, 0.15) is 50.3 Å². The van der Waals surface area contributed by atoms with Gasteiger partial charge in [-0.2, -0.15) is 0 Å². The van der Waals surface area contributed by atoms with Gasteiger partial charge in [-0.15, -0.1) is 0 Å². The molecule has 1 fully saturated rings. The molecule has 33 heavy (non-hydrogen) atoms. The second-order valence-corrected chi connectivity index (χ2v) is 10.5. The molecule has 3 atom stereocenters. The number of aromatic hydroxyl groups is 1. The fraction of sp³-hybridized carbons (Fsp3) is 0.429. The number of hydrogen-bond donors (Lipinski definition) is 2. The number of ether oxygens (including phenoxy) is 2. The molecule has 0 spiro atoms. The van der Waals surface area contributed by atoms with Crippen molar-refractivity contribution in [1.29, 1.82) is 0 Å². The first-order valence-corrected chi connectivity index (χ1v) is 11.7. The number of fused-ring (bicyclic) bond motifs is 3. The number of nitrogens with zero attached hydrogens (tertiary/aromatic N) is 1. The van der Waals surface area contributed by atoms with Gasteiger partial charge >= 0.3 is 0 Å². The maximum absolute atomic E-state index is 10.7. The Kier molecular flexibility index (Phi) is 5.02. The number of phenols is 1. The van der Waals surface area contributed by atoms with Crippen LogP contribution >= 0.6 is 0 Å². The lowest BCUT2D eigenvalue weighted by molar-refractivity contribution is -0.138. The summed E-state index contributed by atoms with van der Waals surface area (Å²) in [7, 11) is 3.65. The van der Waals surface area contributed by atoms with E-state index < -0.39 is 0 Å². The highest BCUT2D eigenvalue weighted by molar-refractivity contribution is 5.89. The van der Waals surface area contributed by atoms with E-state index in [4.69, 9.17) is 9.47 Å². The van der Waals surface area contributed by atoms with E-state index in [1.54, 1.807) is 13.2 Å². The van der Waals surface area contributed by atoms with Crippen molar-refractivity contribution in [3.8, 4) is 17.2 Å². The number of aliphatic hydroxyl groups is 1. The van der Waals surface area contributed by atoms with Gasteiger partial charge in [-0.25, -0.2) is 0 Å². The minimum Gasteiger partial charge on any atom is -0.507 e. The van der Waals surface area contributed by atoms with Crippen molar-refractivity contribution in [2.45, 2.75) is 51.7 Å². The molecule has 0 bridgehead atoms. The molecule has 1 saturated carbocycles. The van der Waals surface area contributed by atoms with Crippen LogP contribution in [0.5, 0.6) is 17.2 Å². The number of aliphatic hydroxyl groups excluding tert-OH is 1. The minimum absolute atomic E-state index is 0.210. The summed E-state index contributed by atoms with van der Waals surface area (Å²) in [5.41, 5.74) is 3.49. The zero-order chi connectivity index (χ0) is 23.5. The zero-order valence-corrected chi connectivity index (χ0v) is 20.1. The van der Waals surface area contributed by atoms with Crippen LogP contribution < -0.4 is 9.47 Å². The van der Waals surface area contributed by atoms with Gasteiger partial charge in [-0.3, -0.25) is 0 Å². The molecule has 2 heterocycles. The van der Waals surface area contributed by atoms with Gasteiger partial charge in [-0.05, 0) is 78.6 Å². The Hall–Kier alpha value is -2.92. The number of phenolic OH excluding ortho intramolecular Hbond substituents is 1. The van der Waals surface area contributed by atoms with E-state index in [-0.39, 0.29) is 28.8 Å². The summed E-state index contributed by atoms with van der Waals surface area (Å²) in [4.78, 5) is 0. The topological polar surface area (TPSA) is 63.9 Å². The molecule has 0 radical (unpaired) electrons. The van der Waals surface area contributed by atoms with Crippen LogP contribution in [-0.2, 0) is 13.5 Å². The molecule has 1 aliphatic carbocycles. The number of hydrogen-bond acceptors (Lipinski definition) is 4. The predicted molar refractivity (Wildman–Crippen MR) is 132 cm³/mol. The molecule has 2 aromatic carbocycles. The van der Waals surface area contributed by atoms with E-state index in [0.717, 1.165) is 58.4 Å². The Morgan fingerprint density at radius 2 is 1.85 bits per heavy atom. The van der Waals surface area contributed by atoms with Crippen molar-refractivity contribution in [2.24, 2.45) is 18.4 Å². The molecule has 174 valence electrons. The molecule has 1 aromatic heterocycles. The third kappa shape index (κ3) is 3.50. The van der Waals surface area contributed by atoms with Crippen LogP contribution in [0, 0.1) is 11.3 Å². The first-order valence-electron chi connectivity index (χ1n) is 11.7. The van der Waals surface area contributed by atoms with Crippen LogP contribution in [-0.4, -0.2) is 33.6 Å². The Labute approximate surface area is 195 Å². The molecule has 0 amide bonds. The van der Waals surface area contributed by atoms with Gasteiger partial charge in [0.05, 0.1) is 18.7 Å². The number of benzene rings is 2. The first kappa shape index (κ1) is 21.9. The Bertz CT molecular complexity index is 1250. The molecule has 5 heteroatoms. The third-order valence-electron chi connectivity index (χ3n) is 8.01. The SMILES string of the molecule is COc1cc(/C=C/c2cc(O)c3ccn(C)c3c2)cc2c1O[C@]1(C)CC[C@@H](O)C(C)(C)[C@H]1C2. The van der Waals surface area contributed by atoms with Gasteiger partial charge in [0.25, 0.3) is 0 Å². The highest BCUT2D eigenvalue weighted by atomic mass is 16.5. The molecule has 2 N–H and O–H groups in total. The fourth-order valence-corrected chi connectivity index (χ4v) is 5.90. The summed E-state index contributed by atoms with van der Waals surface area (Å²) in [5.74, 6) is 2.04. The summed E-state index contributed by atoms with van der Waals surface area (Å²) in [6, 6.07) is 9.94. The standard InChI is InChI=1S/C28H33NO4/c1-27(2)24-16-19-12-17(6-7-18-13-21-20(22(30)14-18)9-11-29(21)4)15-23(32-5)26(19)33-28(24,3)10-8-25(27)31/h6-7,9,11-15,24-25,30-31H,8,10,16H2,1-5H3/b7-6+/t24-,25-,28-/m1/s1. The summed E-state index contributed by atoms with van der Waals surface area (Å²) < 4.78 is 14.4. The summed E-state index contributed by atoms with van der Waals surface area (Å²) in [6.45, 7) is 6.48. The van der Waals surface area contributed by atoms with Gasteiger partial charge in [-0.1, -0.05) is 26.0 Å². The Morgan fingerprint density at radius 1 is 1.12 bits per heavy atom. The molecule has 2 aliphatic rings. The zero-order valence-electron chi connectivity index (χ0n) is 20.1. The Morgan fingerprint density at radius 3 is 2.58 bits per heavy atom. The van der Waals surface area contributed by atoms with Crippen LogP contribution in [0.3, 0.4) is 0 Å². The second-order valence-electron chi connectivity index (χ2n) is 10.5. The fourth-order valence-electron chi connectivity index (χ4n) is 5.90. The van der Waals surface area contributed by atoms with E-state index >= 15 is 0 Å². The molecular formula is C28H33NO4. The second kappa shape index (κ2) is 7.56. The Balaban J connectivity index is 1.52. The molecule has 0 saturated heterocycles. The maximum atomic E-state index is 10.7. The number of aryl methyl sites for hydroxylation is 1. The van der Waals surface area contributed by atoms with E-state index in [2.05, 4.69) is 32.9 Å². The van der Waals surface area contributed by atoms with Gasteiger partial charge in [0.2, 0.25) is 0 Å². The largest absolute Gasteiger partial charge is 0.507 e. The lowest BCUT2D eigenvalue weighted by atomic mass is 9.57. The third-order valence-corrected chi connectivity index (χ3v) is 8.01. The lowest BCUT2D eigenvalue weighted by Gasteiger charge is -2.55. The predicted octanol–water partition coefficient (Wildman–Crippen LogP) is 5.55. The van der Waals surface area contributed by atoms with E-state index in [9.17, 15) is 10.2 Å². The molecular weight excluding hydrogens is 414 g/mol. The first-order chi connectivity index (χ1) is 15.6. The highest BCUT2D eigenvalue weighted by Gasteiger charge is 2.54. The molecule has 0 unspecified atom stereocenters. The quantitative estimate of drug-likeness (QED) is 0.517. The molecule has 3 aromatic rings. The van der Waals surface area contributed by atoms with Crippen LogP contribution in [0.25, 0.3) is 23.1 Å². The van der Waals surface area contributed by atoms with E-state index in [1.165, 1.54) is 0 Å². The number of rotatable bonds is 3. The van der Waals surface area contributed by atoms with Crippen molar-refractivity contribution in [1.82, 2.24) is 4.57 Å². The van der Waals surface area contributed by atoms with Crippen LogP contribution in [0.2, 0.25) is 0 Å². The summed E-state index contributed by atoms with van der Waals surface area (Å²) in [5, 5.41) is 21.9. The lowest BCUT2D eigenvalue weighted by Crippen LogP contribution is -2.58. The number of aromatic nitrogens is 1. The highest BCUT2D eigenvalue weighted by Crippen LogP contribution is 2.54. The van der Waals surface area contributed by atoms with E-state index in [0.29, 0.717) is 0 Å². The van der Waals surface area contributed by atoms with Crippen LogP contribution in [0.4, 0.5) is 0 Å².